The van der Waals surface area contributed by atoms with Gasteiger partial charge in [-0.1, -0.05) is 43.5 Å². The highest BCUT2D eigenvalue weighted by Gasteiger charge is 2.12. The van der Waals surface area contributed by atoms with E-state index in [1.165, 1.54) is 0 Å². The molecule has 0 aliphatic carbocycles. The Labute approximate surface area is 164 Å². The van der Waals surface area contributed by atoms with Crippen LogP contribution < -0.4 is 5.32 Å². The van der Waals surface area contributed by atoms with Gasteiger partial charge in [-0.3, -0.25) is 0 Å². The molecule has 2 aromatic heterocycles. The van der Waals surface area contributed by atoms with Crippen LogP contribution in [0.5, 0.6) is 0 Å². The highest BCUT2D eigenvalue weighted by molar-refractivity contribution is 6.33. The second kappa shape index (κ2) is 8.56. The molecule has 0 bridgehead atoms. The Morgan fingerprint density at radius 2 is 1.88 bits per heavy atom. The molecule has 6 heteroatoms. The van der Waals surface area contributed by atoms with Gasteiger partial charge < -0.3 is 9.88 Å². The van der Waals surface area contributed by atoms with E-state index in [-0.39, 0.29) is 0 Å². The van der Waals surface area contributed by atoms with Gasteiger partial charge in [0.05, 0.1) is 10.7 Å². The van der Waals surface area contributed by atoms with Crippen molar-refractivity contribution < 1.29 is 0 Å². The number of imidazole rings is 1. The van der Waals surface area contributed by atoms with Crippen LogP contribution in [0.1, 0.15) is 32.4 Å². The topological polar surface area (TPSA) is 42.7 Å². The second-order valence-corrected chi connectivity index (χ2v) is 6.99. The maximum atomic E-state index is 6.47. The molecule has 1 aromatic carbocycles. The summed E-state index contributed by atoms with van der Waals surface area (Å²) in [5.74, 6) is 1.53. The van der Waals surface area contributed by atoms with E-state index >= 15 is 0 Å². The fourth-order valence-electron chi connectivity index (χ4n) is 2.69. The molecule has 0 saturated carbocycles. The van der Waals surface area contributed by atoms with Crippen LogP contribution in [-0.2, 0) is 13.0 Å². The van der Waals surface area contributed by atoms with E-state index in [0.29, 0.717) is 15.9 Å². The van der Waals surface area contributed by atoms with Gasteiger partial charge >= 0.3 is 0 Å². The van der Waals surface area contributed by atoms with Gasteiger partial charge in [0.15, 0.2) is 0 Å². The number of aromatic nitrogens is 3. The predicted molar refractivity (Wildman–Crippen MR) is 109 cm³/mol. The van der Waals surface area contributed by atoms with Crippen LogP contribution in [-0.4, -0.2) is 14.5 Å². The van der Waals surface area contributed by atoms with Gasteiger partial charge in [-0.2, -0.15) is 0 Å². The quantitative estimate of drug-likeness (QED) is 0.511. The first kappa shape index (κ1) is 18.7. The summed E-state index contributed by atoms with van der Waals surface area (Å²) in [6.45, 7) is 5.24. The molecule has 0 atom stereocenters. The van der Waals surface area contributed by atoms with Gasteiger partial charge in [-0.25, -0.2) is 9.97 Å². The van der Waals surface area contributed by atoms with Crippen molar-refractivity contribution >= 4 is 34.7 Å². The van der Waals surface area contributed by atoms with Gasteiger partial charge in [-0.05, 0) is 43.2 Å². The van der Waals surface area contributed by atoms with Crippen molar-refractivity contribution in [2.75, 3.05) is 5.32 Å². The number of rotatable bonds is 7. The number of pyridine rings is 1. The first-order valence-corrected chi connectivity index (χ1v) is 9.60. The van der Waals surface area contributed by atoms with Crippen molar-refractivity contribution in [3.8, 4) is 11.4 Å². The van der Waals surface area contributed by atoms with Crippen LogP contribution in [0.25, 0.3) is 11.4 Å². The molecule has 0 aliphatic heterocycles. The van der Waals surface area contributed by atoms with Crippen LogP contribution in [0.15, 0.2) is 42.7 Å². The average Bonchev–Trinajstić information content (AvgIpc) is 3.06. The van der Waals surface area contributed by atoms with Crippen molar-refractivity contribution in [2.24, 2.45) is 0 Å². The van der Waals surface area contributed by atoms with Crippen molar-refractivity contribution in [1.29, 1.82) is 0 Å². The number of aryl methyl sites for hydroxylation is 2. The molecule has 0 radical (unpaired) electrons. The van der Waals surface area contributed by atoms with Crippen LogP contribution in [0.4, 0.5) is 11.5 Å². The van der Waals surface area contributed by atoms with Crippen LogP contribution in [0.2, 0.25) is 10.0 Å². The first-order valence-electron chi connectivity index (χ1n) is 8.85. The average molecular weight is 389 g/mol. The summed E-state index contributed by atoms with van der Waals surface area (Å²) < 4.78 is 2.20. The number of benzene rings is 1. The van der Waals surface area contributed by atoms with E-state index in [9.17, 15) is 0 Å². The third kappa shape index (κ3) is 4.37. The fourth-order valence-corrected chi connectivity index (χ4v) is 3.03. The Kier molecular flexibility index (Phi) is 6.17. The number of anilines is 2. The molecule has 0 fully saturated rings. The third-order valence-corrected chi connectivity index (χ3v) is 4.69. The van der Waals surface area contributed by atoms with Crippen molar-refractivity contribution in [3.63, 3.8) is 0 Å². The van der Waals surface area contributed by atoms with E-state index < -0.39 is 0 Å². The molecule has 0 saturated heterocycles. The summed E-state index contributed by atoms with van der Waals surface area (Å²) in [7, 11) is 0. The summed E-state index contributed by atoms with van der Waals surface area (Å²) in [4.78, 5) is 9.24. The summed E-state index contributed by atoms with van der Waals surface area (Å²) >= 11 is 12.4. The minimum Gasteiger partial charge on any atom is -0.339 e. The summed E-state index contributed by atoms with van der Waals surface area (Å²) in [6, 6.07) is 9.33. The summed E-state index contributed by atoms with van der Waals surface area (Å²) in [5, 5.41) is 4.46. The Hall–Kier alpha value is -2.04. The highest BCUT2D eigenvalue weighted by Crippen LogP contribution is 2.29. The van der Waals surface area contributed by atoms with Gasteiger partial charge in [0.1, 0.15) is 11.6 Å². The number of halogens is 2. The zero-order chi connectivity index (χ0) is 18.5. The maximum absolute atomic E-state index is 6.47. The van der Waals surface area contributed by atoms with Crippen molar-refractivity contribution in [1.82, 2.24) is 14.5 Å². The number of nitrogens with zero attached hydrogens (tertiary/aromatic N) is 3. The molecule has 136 valence electrons. The van der Waals surface area contributed by atoms with E-state index in [0.717, 1.165) is 48.6 Å². The Morgan fingerprint density at radius 1 is 1.12 bits per heavy atom. The third-order valence-electron chi connectivity index (χ3n) is 4.15. The molecule has 0 amide bonds. The molecule has 4 nitrogen and oxygen atoms in total. The number of nitrogens with one attached hydrogen (secondary N) is 1. The van der Waals surface area contributed by atoms with E-state index in [1.807, 2.05) is 36.5 Å². The molecule has 0 spiro atoms. The lowest BCUT2D eigenvalue weighted by molar-refractivity contribution is 0.636. The van der Waals surface area contributed by atoms with Crippen LogP contribution in [0.3, 0.4) is 0 Å². The monoisotopic (exact) mass is 388 g/mol. The van der Waals surface area contributed by atoms with Crippen LogP contribution >= 0.6 is 23.2 Å². The lowest BCUT2D eigenvalue weighted by Crippen LogP contribution is -2.00. The van der Waals surface area contributed by atoms with Crippen molar-refractivity contribution in [2.45, 2.75) is 39.7 Å². The normalized spacial score (nSPS) is 10.9. The number of unbranched alkanes of at least 4 members (excludes halogenated alkanes) is 1. The van der Waals surface area contributed by atoms with Gasteiger partial charge in [0, 0.05) is 35.2 Å². The Morgan fingerprint density at radius 3 is 2.54 bits per heavy atom. The Bertz CT molecular complexity index is 872. The van der Waals surface area contributed by atoms with Gasteiger partial charge in [0.25, 0.3) is 0 Å². The van der Waals surface area contributed by atoms with E-state index in [1.54, 1.807) is 0 Å². The zero-order valence-corrected chi connectivity index (χ0v) is 16.5. The number of hydrogen-bond acceptors (Lipinski definition) is 3. The van der Waals surface area contributed by atoms with E-state index in [4.69, 9.17) is 28.2 Å². The minimum atomic E-state index is 0.556. The first-order chi connectivity index (χ1) is 12.6. The maximum Gasteiger partial charge on any atom is 0.149 e. The smallest absolute Gasteiger partial charge is 0.149 e. The number of hydrogen-bond donors (Lipinski definition) is 1. The van der Waals surface area contributed by atoms with Crippen LogP contribution in [0, 0.1) is 0 Å². The summed E-state index contributed by atoms with van der Waals surface area (Å²) in [6.07, 6.45) is 7.10. The molecule has 0 aliphatic rings. The molecular formula is C20H22Cl2N4. The fraction of sp³-hybridized carbons (Fsp3) is 0.300. The summed E-state index contributed by atoms with van der Waals surface area (Å²) in [5.41, 5.74) is 2.89. The standard InChI is InChI=1S/C20H22Cl2N4/c1-3-5-10-26-13-16(4-2)25-20(26)14-11-18(22)19(23-12-14)24-17-8-6-15(21)7-9-17/h6-9,11-13H,3-5,10H2,1-2H3,(H,23,24). The predicted octanol–water partition coefficient (Wildman–Crippen LogP) is 6.36. The molecular weight excluding hydrogens is 367 g/mol. The minimum absolute atomic E-state index is 0.556. The SMILES string of the molecule is CCCCn1cc(CC)nc1-c1cnc(Nc2ccc(Cl)cc2)c(Cl)c1. The van der Waals surface area contributed by atoms with Gasteiger partial charge in [0.2, 0.25) is 0 Å². The molecule has 3 rings (SSSR count). The highest BCUT2D eigenvalue weighted by atomic mass is 35.5. The Balaban J connectivity index is 1.87. The van der Waals surface area contributed by atoms with Crippen molar-refractivity contribution in [3.05, 3.63) is 58.5 Å². The largest absolute Gasteiger partial charge is 0.339 e. The molecule has 3 aromatic rings. The lowest BCUT2D eigenvalue weighted by Gasteiger charge is -2.10. The molecule has 2 heterocycles. The molecule has 26 heavy (non-hydrogen) atoms. The van der Waals surface area contributed by atoms with Gasteiger partial charge in [-0.15, -0.1) is 0 Å². The molecule has 0 unspecified atom stereocenters. The second-order valence-electron chi connectivity index (χ2n) is 6.14. The zero-order valence-electron chi connectivity index (χ0n) is 15.0. The molecule has 1 N–H and O–H groups in total. The van der Waals surface area contributed by atoms with E-state index in [2.05, 4.69) is 34.9 Å². The lowest BCUT2D eigenvalue weighted by atomic mass is 10.2.